The van der Waals surface area contributed by atoms with Crippen molar-refractivity contribution in [1.29, 1.82) is 0 Å². The number of allylic oxidation sites excluding steroid dienone is 14. The van der Waals surface area contributed by atoms with Crippen molar-refractivity contribution < 1.29 is 28.6 Å². The van der Waals surface area contributed by atoms with Gasteiger partial charge in [0.05, 0.1) is 0 Å². The summed E-state index contributed by atoms with van der Waals surface area (Å²) in [5.74, 6) is -0.881. The molecule has 0 radical (unpaired) electrons. The minimum Gasteiger partial charge on any atom is -0.462 e. The number of ether oxygens (including phenoxy) is 3. The zero-order valence-electron chi connectivity index (χ0n) is 48.1. The summed E-state index contributed by atoms with van der Waals surface area (Å²) in [6.07, 6.45) is 80.2. The third-order valence-electron chi connectivity index (χ3n) is 13.4. The molecule has 6 heteroatoms. The molecule has 0 rings (SSSR count). The maximum absolute atomic E-state index is 12.9. The highest BCUT2D eigenvalue weighted by atomic mass is 16.6. The van der Waals surface area contributed by atoms with Crippen molar-refractivity contribution in [1.82, 2.24) is 0 Å². The predicted octanol–water partition coefficient (Wildman–Crippen LogP) is 21.1. The van der Waals surface area contributed by atoms with Gasteiger partial charge in [-0.3, -0.25) is 14.4 Å². The van der Waals surface area contributed by atoms with Crippen molar-refractivity contribution in [3.8, 4) is 0 Å². The summed E-state index contributed by atoms with van der Waals surface area (Å²) >= 11 is 0. The molecule has 420 valence electrons. The molecule has 0 amide bonds. The minimum atomic E-state index is -0.779. The maximum atomic E-state index is 12.9. The first-order chi connectivity index (χ1) is 36.0. The quantitative estimate of drug-likeness (QED) is 0.0261. The smallest absolute Gasteiger partial charge is 0.306 e. The standard InChI is InChI=1S/C67H116O6/c1-4-7-10-13-16-19-22-24-26-27-28-29-30-31-32-33-34-35-36-37-38-39-41-42-45-48-51-54-57-60-66(69)72-63-64(62-71-65(68)59-56-53-50-47-44-21-18-15-12-9-6-3)73-67(70)61-58-55-52-49-46-43-40-25-23-20-17-14-11-8-5-2/h7,10,15-16,18-19,24,26,28-29,31-32,34-35,64H,4-6,8-9,11-14,17,20-23,25,27,30,33,36-63H2,1-3H3/b10-7-,18-15-,19-16-,26-24-,29-28-,32-31-,35-34-. The van der Waals surface area contributed by atoms with E-state index in [0.29, 0.717) is 19.3 Å². The highest BCUT2D eigenvalue weighted by Crippen LogP contribution is 2.16. The Kier molecular flexibility index (Phi) is 58.3. The maximum Gasteiger partial charge on any atom is 0.306 e. The summed E-state index contributed by atoms with van der Waals surface area (Å²) in [6, 6.07) is 0. The zero-order valence-corrected chi connectivity index (χ0v) is 48.1. The van der Waals surface area contributed by atoms with Gasteiger partial charge in [-0.05, 0) is 89.9 Å². The van der Waals surface area contributed by atoms with E-state index in [1.165, 1.54) is 161 Å². The number of carbonyl (C=O) groups is 3. The lowest BCUT2D eigenvalue weighted by Crippen LogP contribution is -2.30. The molecule has 0 aromatic heterocycles. The van der Waals surface area contributed by atoms with Crippen LogP contribution >= 0.6 is 0 Å². The van der Waals surface area contributed by atoms with E-state index >= 15 is 0 Å². The van der Waals surface area contributed by atoms with Crippen LogP contribution in [0.1, 0.15) is 303 Å². The Balaban J connectivity index is 4.22. The van der Waals surface area contributed by atoms with Crippen molar-refractivity contribution in [2.24, 2.45) is 0 Å². The van der Waals surface area contributed by atoms with Crippen LogP contribution in [0.3, 0.4) is 0 Å². The number of carbonyl (C=O) groups excluding carboxylic acids is 3. The molecule has 0 aliphatic rings. The second-order valence-electron chi connectivity index (χ2n) is 20.6. The number of rotatable bonds is 56. The summed E-state index contributed by atoms with van der Waals surface area (Å²) in [5.41, 5.74) is 0. The molecule has 0 aliphatic carbocycles. The van der Waals surface area contributed by atoms with E-state index in [-0.39, 0.29) is 31.1 Å². The molecule has 6 nitrogen and oxygen atoms in total. The minimum absolute atomic E-state index is 0.0784. The van der Waals surface area contributed by atoms with Crippen molar-refractivity contribution in [3.63, 3.8) is 0 Å². The van der Waals surface area contributed by atoms with Gasteiger partial charge in [-0.25, -0.2) is 0 Å². The van der Waals surface area contributed by atoms with Gasteiger partial charge >= 0.3 is 17.9 Å². The Morgan fingerprint density at radius 3 is 0.890 bits per heavy atom. The number of hydrogen-bond acceptors (Lipinski definition) is 6. The van der Waals surface area contributed by atoms with Crippen LogP contribution in [0, 0.1) is 0 Å². The average molecular weight is 1020 g/mol. The van der Waals surface area contributed by atoms with Gasteiger partial charge < -0.3 is 14.2 Å². The van der Waals surface area contributed by atoms with Crippen LogP contribution in [0.5, 0.6) is 0 Å². The Morgan fingerprint density at radius 1 is 0.288 bits per heavy atom. The molecule has 0 saturated carbocycles. The lowest BCUT2D eigenvalue weighted by Gasteiger charge is -2.18. The fourth-order valence-corrected chi connectivity index (χ4v) is 8.72. The lowest BCUT2D eigenvalue weighted by molar-refractivity contribution is -0.167. The van der Waals surface area contributed by atoms with Gasteiger partial charge in [-0.15, -0.1) is 0 Å². The van der Waals surface area contributed by atoms with Gasteiger partial charge in [-0.2, -0.15) is 0 Å². The highest BCUT2D eigenvalue weighted by molar-refractivity contribution is 5.71. The molecular formula is C67H116O6. The van der Waals surface area contributed by atoms with E-state index in [1.807, 2.05) is 0 Å². The largest absolute Gasteiger partial charge is 0.462 e. The Morgan fingerprint density at radius 2 is 0.548 bits per heavy atom. The van der Waals surface area contributed by atoms with Crippen LogP contribution in [0.15, 0.2) is 85.1 Å². The summed E-state index contributed by atoms with van der Waals surface area (Å²) < 4.78 is 16.9. The molecule has 0 aromatic rings. The molecular weight excluding hydrogens is 901 g/mol. The summed E-state index contributed by atoms with van der Waals surface area (Å²) in [7, 11) is 0. The van der Waals surface area contributed by atoms with Crippen LogP contribution in [0.4, 0.5) is 0 Å². The van der Waals surface area contributed by atoms with E-state index in [1.54, 1.807) is 0 Å². The van der Waals surface area contributed by atoms with E-state index in [9.17, 15) is 14.4 Å². The Bertz CT molecular complexity index is 1400. The molecule has 0 aliphatic heterocycles. The molecule has 1 unspecified atom stereocenters. The normalized spacial score (nSPS) is 12.6. The first-order valence-corrected chi connectivity index (χ1v) is 31.1. The summed E-state index contributed by atoms with van der Waals surface area (Å²) in [5, 5.41) is 0. The zero-order chi connectivity index (χ0) is 52.9. The fraction of sp³-hybridized carbons (Fsp3) is 0.746. The van der Waals surface area contributed by atoms with Crippen molar-refractivity contribution >= 4 is 17.9 Å². The third-order valence-corrected chi connectivity index (χ3v) is 13.4. The molecule has 73 heavy (non-hydrogen) atoms. The van der Waals surface area contributed by atoms with Gasteiger partial charge in [-0.1, -0.05) is 279 Å². The van der Waals surface area contributed by atoms with Crippen LogP contribution in [-0.4, -0.2) is 37.2 Å². The molecule has 0 heterocycles. The van der Waals surface area contributed by atoms with Crippen LogP contribution in [0.25, 0.3) is 0 Å². The Hall–Kier alpha value is -3.41. The van der Waals surface area contributed by atoms with Crippen LogP contribution in [-0.2, 0) is 28.6 Å². The second kappa shape index (κ2) is 61.1. The molecule has 0 bridgehead atoms. The van der Waals surface area contributed by atoms with Crippen LogP contribution < -0.4 is 0 Å². The Labute approximate surface area is 452 Å². The fourth-order valence-electron chi connectivity index (χ4n) is 8.72. The molecule has 0 fully saturated rings. The van der Waals surface area contributed by atoms with Gasteiger partial charge in [0, 0.05) is 19.3 Å². The molecule has 0 aromatic carbocycles. The number of esters is 3. The van der Waals surface area contributed by atoms with Gasteiger partial charge in [0.15, 0.2) is 6.10 Å². The van der Waals surface area contributed by atoms with E-state index in [0.717, 1.165) is 103 Å². The second-order valence-corrected chi connectivity index (χ2v) is 20.6. The van der Waals surface area contributed by atoms with Crippen LogP contribution in [0.2, 0.25) is 0 Å². The topological polar surface area (TPSA) is 78.9 Å². The molecule has 1 atom stereocenters. The molecule has 0 N–H and O–H groups in total. The molecule has 0 saturated heterocycles. The van der Waals surface area contributed by atoms with E-state index in [2.05, 4.69) is 106 Å². The summed E-state index contributed by atoms with van der Waals surface area (Å²) in [4.78, 5) is 38.2. The van der Waals surface area contributed by atoms with Crippen molar-refractivity contribution in [3.05, 3.63) is 85.1 Å². The first-order valence-electron chi connectivity index (χ1n) is 31.1. The lowest BCUT2D eigenvalue weighted by atomic mass is 10.0. The third kappa shape index (κ3) is 59.3. The van der Waals surface area contributed by atoms with Gasteiger partial charge in [0.25, 0.3) is 0 Å². The average Bonchev–Trinajstić information content (AvgIpc) is 3.39. The SMILES string of the molecule is CC/C=C\C/C=C\C/C=C\C/C=C\C/C=C\C/C=C\CCCCCCCCCCCCC(=O)OCC(COC(=O)CCCCCCC/C=C\CCCC)OC(=O)CCCCCCCCCCCCCCCCC. The van der Waals surface area contributed by atoms with E-state index in [4.69, 9.17) is 14.2 Å². The van der Waals surface area contributed by atoms with Crippen molar-refractivity contribution in [2.45, 2.75) is 309 Å². The first kappa shape index (κ1) is 69.6. The molecule has 0 spiro atoms. The monoisotopic (exact) mass is 1020 g/mol. The van der Waals surface area contributed by atoms with Crippen molar-refractivity contribution in [2.75, 3.05) is 13.2 Å². The van der Waals surface area contributed by atoms with Gasteiger partial charge in [0.1, 0.15) is 13.2 Å². The highest BCUT2D eigenvalue weighted by Gasteiger charge is 2.19. The van der Waals surface area contributed by atoms with E-state index < -0.39 is 6.10 Å². The van der Waals surface area contributed by atoms with Gasteiger partial charge in [0.2, 0.25) is 0 Å². The summed E-state index contributed by atoms with van der Waals surface area (Å²) in [6.45, 7) is 6.50. The number of unbranched alkanes of at least 4 members (excludes halogenated alkanes) is 31. The number of hydrogen-bond donors (Lipinski definition) is 0. The predicted molar refractivity (Wildman–Crippen MR) is 316 cm³/mol.